The van der Waals surface area contributed by atoms with Crippen LogP contribution < -0.4 is 0 Å². The predicted octanol–water partition coefficient (Wildman–Crippen LogP) is 5.18. The van der Waals surface area contributed by atoms with Crippen molar-refractivity contribution < 1.29 is 25.6 Å². The maximum Gasteiger partial charge on any atom is 0.526 e. The molecule has 8 heteroatoms. The third-order valence-electron chi connectivity index (χ3n) is 3.33. The summed E-state index contributed by atoms with van der Waals surface area (Å²) in [5, 5.41) is -2.20. The lowest BCUT2D eigenvalue weighted by molar-refractivity contribution is -0.0500. The summed E-state index contributed by atoms with van der Waals surface area (Å²) in [7, 11) is -8.73. The summed E-state index contributed by atoms with van der Waals surface area (Å²) in [4.78, 5) is 0. The van der Waals surface area contributed by atoms with Gasteiger partial charge in [-0.3, -0.25) is 0 Å². The van der Waals surface area contributed by atoms with E-state index in [-0.39, 0.29) is 0 Å². The molecule has 0 atom stereocenters. The quantitative estimate of drug-likeness (QED) is 0.508. The van der Waals surface area contributed by atoms with E-state index in [1.54, 1.807) is 62.3 Å². The van der Waals surface area contributed by atoms with Gasteiger partial charge in [-0.15, -0.1) is 3.97 Å². The van der Waals surface area contributed by atoms with Crippen molar-refractivity contribution in [2.75, 3.05) is 0 Å². The molecule has 0 bridgehead atoms. The van der Waals surface area contributed by atoms with E-state index >= 15 is 0 Å². The lowest BCUT2D eigenvalue weighted by atomic mass is 10.2. The molecule has 0 fully saturated rings. The molecule has 0 aromatic rings. The topological polar surface area (TPSA) is 43.4 Å². The van der Waals surface area contributed by atoms with E-state index in [1.165, 1.54) is 0 Å². The Hall–Kier alpha value is 0.130. The zero-order valence-electron chi connectivity index (χ0n) is 14.2. The molecule has 21 heavy (non-hydrogen) atoms. The first-order chi connectivity index (χ1) is 8.71. The molecule has 3 nitrogen and oxygen atoms in total. The molecule has 0 heterocycles. The van der Waals surface area contributed by atoms with Gasteiger partial charge in [-0.05, 0) is 62.3 Å². The summed E-state index contributed by atoms with van der Waals surface area (Å²) in [6.07, 6.45) is 0. The van der Waals surface area contributed by atoms with Crippen LogP contribution in [-0.2, 0) is 14.1 Å². The zero-order valence-corrected chi connectivity index (χ0v) is 15.9. The zero-order chi connectivity index (χ0) is 17.7. The van der Waals surface area contributed by atoms with E-state index in [0.717, 1.165) is 0 Å². The van der Waals surface area contributed by atoms with Crippen LogP contribution in [0.1, 0.15) is 62.3 Å². The van der Waals surface area contributed by atoms with Gasteiger partial charge in [0.2, 0.25) is 0 Å². The fourth-order valence-electron chi connectivity index (χ4n) is 3.54. The van der Waals surface area contributed by atoms with Crippen LogP contribution in [0.2, 0.25) is 0 Å². The van der Waals surface area contributed by atoms with Crippen molar-refractivity contribution in [3.63, 3.8) is 0 Å². The highest BCUT2D eigenvalue weighted by Crippen LogP contribution is 2.84. The second-order valence-corrected chi connectivity index (χ2v) is 15.3. The van der Waals surface area contributed by atoms with Crippen molar-refractivity contribution in [3.05, 3.63) is 0 Å². The number of hydrogen-bond acceptors (Lipinski definition) is 3. The largest absolute Gasteiger partial charge is 0.526 e. The minimum atomic E-state index is -5.66. The Balaban J connectivity index is 6.50. The van der Waals surface area contributed by atoms with Gasteiger partial charge in [-0.1, -0.05) is 0 Å². The summed E-state index contributed by atoms with van der Waals surface area (Å²) in [6, 6.07) is 0. The summed E-state index contributed by atoms with van der Waals surface area (Å²) in [5.74, 6) is 0. The van der Waals surface area contributed by atoms with E-state index in [2.05, 4.69) is 0 Å². The second kappa shape index (κ2) is 5.34. The highest BCUT2D eigenvalue weighted by atomic mass is 32.2. The molecular weight excluding hydrogens is 324 g/mol. The number of halogens is 3. The molecule has 0 aromatic heterocycles. The summed E-state index contributed by atoms with van der Waals surface area (Å²) in [5.41, 5.74) is -5.42. The Bertz CT molecular complexity index is 441. The van der Waals surface area contributed by atoms with E-state index in [1.807, 2.05) is 0 Å². The average Bonchev–Trinajstić information content (AvgIpc) is 2.05. The van der Waals surface area contributed by atoms with Crippen molar-refractivity contribution in [3.8, 4) is 0 Å². The Kier molecular flexibility index (Phi) is 5.38. The van der Waals surface area contributed by atoms with Gasteiger partial charge in [0.25, 0.3) is 0 Å². The Labute approximate surface area is 127 Å². The van der Waals surface area contributed by atoms with E-state index < -0.39 is 38.6 Å². The molecule has 0 aliphatic heterocycles. The third-order valence-corrected chi connectivity index (χ3v) is 11.2. The highest BCUT2D eigenvalue weighted by Gasteiger charge is 2.72. The summed E-state index contributed by atoms with van der Waals surface area (Å²) < 4.78 is 66.9. The van der Waals surface area contributed by atoms with Gasteiger partial charge in [0.05, 0.1) is 0 Å². The van der Waals surface area contributed by atoms with Crippen LogP contribution >= 0.6 is 7.49 Å². The van der Waals surface area contributed by atoms with Gasteiger partial charge in [0.15, 0.2) is 7.49 Å². The van der Waals surface area contributed by atoms with Gasteiger partial charge in [0, 0.05) is 0 Å². The van der Waals surface area contributed by atoms with Crippen LogP contribution in [0.3, 0.4) is 0 Å². The molecule has 0 aromatic carbocycles. The van der Waals surface area contributed by atoms with Gasteiger partial charge in [0.1, 0.15) is 15.5 Å². The molecule has 0 rings (SSSR count). The molecule has 0 saturated heterocycles. The smallest absolute Gasteiger partial charge is 0.186 e. The molecular formula is C13H27F3O3PS+. The Morgan fingerprint density at radius 1 is 0.714 bits per heavy atom. The Morgan fingerprint density at radius 2 is 0.952 bits per heavy atom. The summed E-state index contributed by atoms with van der Waals surface area (Å²) >= 11 is 0. The maximum atomic E-state index is 12.8. The lowest BCUT2D eigenvalue weighted by Crippen LogP contribution is -2.47. The minimum Gasteiger partial charge on any atom is -0.186 e. The molecule has 128 valence electrons. The van der Waals surface area contributed by atoms with E-state index in [9.17, 15) is 21.6 Å². The fraction of sp³-hybridized carbons (Fsp3) is 1.00. The first-order valence-corrected chi connectivity index (χ1v) is 9.74. The van der Waals surface area contributed by atoms with Crippen LogP contribution in [0.15, 0.2) is 0 Å². The molecule has 0 spiro atoms. The van der Waals surface area contributed by atoms with Crippen molar-refractivity contribution in [2.45, 2.75) is 83.3 Å². The Morgan fingerprint density at radius 3 is 1.10 bits per heavy atom. The normalized spacial score (nSPS) is 16.2. The lowest BCUT2D eigenvalue weighted by Gasteiger charge is -2.50. The molecule has 0 unspecified atom stereocenters. The number of alkyl halides is 3. The highest BCUT2D eigenvalue weighted by molar-refractivity contribution is 7.95. The minimum absolute atomic E-state index is 0.734. The van der Waals surface area contributed by atoms with Crippen molar-refractivity contribution in [1.82, 2.24) is 0 Å². The second-order valence-electron chi connectivity index (χ2n) is 8.10. The van der Waals surface area contributed by atoms with Crippen LogP contribution in [-0.4, -0.2) is 29.4 Å². The molecule has 0 saturated carbocycles. The maximum absolute atomic E-state index is 12.8. The van der Waals surface area contributed by atoms with Gasteiger partial charge >= 0.3 is 15.6 Å². The van der Waals surface area contributed by atoms with Crippen molar-refractivity contribution in [2.24, 2.45) is 0 Å². The molecule has 0 aliphatic rings. The van der Waals surface area contributed by atoms with E-state index in [0.29, 0.717) is 0 Å². The fourth-order valence-corrected chi connectivity index (χ4v) is 13.8. The van der Waals surface area contributed by atoms with Crippen LogP contribution in [0.4, 0.5) is 13.2 Å². The standard InChI is InChI=1S/C13H27F3O3PS/c1-10(2,3)20(11(4,5)6,12(7,8)9)19-21(17,18)13(14,15)16/h1-9H3/q+1. The van der Waals surface area contributed by atoms with Gasteiger partial charge < -0.3 is 0 Å². The van der Waals surface area contributed by atoms with Crippen LogP contribution in [0, 0.1) is 0 Å². The van der Waals surface area contributed by atoms with Crippen molar-refractivity contribution in [1.29, 1.82) is 0 Å². The molecule has 0 radical (unpaired) electrons. The monoisotopic (exact) mass is 351 g/mol. The first-order valence-electron chi connectivity index (χ1n) is 6.62. The van der Waals surface area contributed by atoms with Crippen LogP contribution in [0.25, 0.3) is 0 Å². The van der Waals surface area contributed by atoms with E-state index in [4.69, 9.17) is 3.97 Å². The van der Waals surface area contributed by atoms with Gasteiger partial charge in [-0.2, -0.15) is 21.6 Å². The number of hydrogen-bond donors (Lipinski definition) is 0. The SMILES string of the molecule is CC(C)(C)[P+](OS(=O)(=O)C(F)(F)F)(C(C)(C)C)C(C)(C)C. The molecule has 0 amide bonds. The average molecular weight is 351 g/mol. The van der Waals surface area contributed by atoms with Crippen molar-refractivity contribution >= 4 is 17.6 Å². The van der Waals surface area contributed by atoms with Gasteiger partial charge in [-0.25, -0.2) is 0 Å². The molecule has 0 N–H and O–H groups in total. The first kappa shape index (κ1) is 21.1. The predicted molar refractivity (Wildman–Crippen MR) is 82.2 cm³/mol. The summed E-state index contributed by atoms with van der Waals surface area (Å²) in [6.45, 7) is 15.7. The molecule has 0 aliphatic carbocycles. The third kappa shape index (κ3) is 3.73. The van der Waals surface area contributed by atoms with Crippen LogP contribution in [0.5, 0.6) is 0 Å². The number of rotatable bonds is 2.